The third-order valence-electron chi connectivity index (χ3n) is 1.65. The summed E-state index contributed by atoms with van der Waals surface area (Å²) in [7, 11) is 0. The first kappa shape index (κ1) is 14.8. The van der Waals surface area contributed by atoms with E-state index >= 15 is 0 Å². The van der Waals surface area contributed by atoms with Crippen LogP contribution in [0, 0.1) is 0 Å². The lowest BCUT2D eigenvalue weighted by Crippen LogP contribution is -2.25. The molecule has 1 amide bonds. The molecule has 0 aliphatic heterocycles. The van der Waals surface area contributed by atoms with Crippen molar-refractivity contribution in [3.63, 3.8) is 0 Å². The van der Waals surface area contributed by atoms with Crippen LogP contribution in [-0.2, 0) is 9.36 Å². The Morgan fingerprint density at radius 3 is 2.67 bits per heavy atom. The van der Waals surface area contributed by atoms with E-state index in [1.165, 1.54) is 18.3 Å². The van der Waals surface area contributed by atoms with Crippen molar-refractivity contribution >= 4 is 23.9 Å². The van der Waals surface area contributed by atoms with Gasteiger partial charge in [0, 0.05) is 18.7 Å². The minimum absolute atomic E-state index is 0.236. The molecular weight excluding hydrogens is 231 g/mol. The molecule has 0 aliphatic carbocycles. The number of hydrogen-bond donors (Lipinski definition) is 2. The van der Waals surface area contributed by atoms with Gasteiger partial charge >= 0.3 is 0 Å². The summed E-state index contributed by atoms with van der Waals surface area (Å²) in [6.07, 6.45) is 2.52. The standard InChI is InChI=1S/C9H19N2O2PS/c1-5-7-10-14(13,11-9(4)12)15-8(3)6-2/h5,8H,1,6-7H2,2-4H3,(H2,10,11,12,13). The Morgan fingerprint density at radius 2 is 2.27 bits per heavy atom. The van der Waals surface area contributed by atoms with Gasteiger partial charge in [0.2, 0.25) is 5.91 Å². The molecular formula is C9H19N2O2PS. The van der Waals surface area contributed by atoms with Gasteiger partial charge in [0.25, 0.3) is 6.65 Å². The average Bonchev–Trinajstić information content (AvgIpc) is 2.13. The Kier molecular flexibility index (Phi) is 6.98. The quantitative estimate of drug-likeness (QED) is 0.538. The average molecular weight is 250 g/mol. The number of rotatable bonds is 7. The normalized spacial score (nSPS) is 16.5. The van der Waals surface area contributed by atoms with Crippen LogP contribution in [-0.4, -0.2) is 17.7 Å². The lowest BCUT2D eigenvalue weighted by Gasteiger charge is -2.21. The highest BCUT2D eigenvalue weighted by Gasteiger charge is 2.25. The van der Waals surface area contributed by atoms with E-state index in [0.29, 0.717) is 6.54 Å². The zero-order chi connectivity index (χ0) is 11.9. The summed E-state index contributed by atoms with van der Waals surface area (Å²) in [6, 6.07) is 0. The second-order valence-corrected chi connectivity index (χ2v) is 8.03. The monoisotopic (exact) mass is 250 g/mol. The zero-order valence-corrected chi connectivity index (χ0v) is 11.2. The highest BCUT2D eigenvalue weighted by atomic mass is 32.7. The van der Waals surface area contributed by atoms with Gasteiger partial charge in [-0.15, -0.1) is 6.58 Å². The highest BCUT2D eigenvalue weighted by molar-refractivity contribution is 8.57. The third kappa shape index (κ3) is 6.77. The number of hydrogen-bond acceptors (Lipinski definition) is 3. The van der Waals surface area contributed by atoms with E-state index in [2.05, 4.69) is 16.8 Å². The van der Waals surface area contributed by atoms with E-state index in [9.17, 15) is 9.36 Å². The molecule has 0 saturated carbocycles. The largest absolute Gasteiger partial charge is 0.292 e. The fourth-order valence-corrected chi connectivity index (χ4v) is 5.43. The molecule has 0 spiro atoms. The van der Waals surface area contributed by atoms with Crippen molar-refractivity contribution in [2.75, 3.05) is 6.54 Å². The van der Waals surface area contributed by atoms with E-state index in [0.717, 1.165) is 6.42 Å². The van der Waals surface area contributed by atoms with Gasteiger partial charge in [-0.05, 0) is 6.42 Å². The first-order valence-electron chi connectivity index (χ1n) is 4.86. The molecule has 0 aliphatic rings. The molecule has 0 heterocycles. The molecule has 2 atom stereocenters. The fourth-order valence-electron chi connectivity index (χ4n) is 0.823. The fraction of sp³-hybridized carbons (Fsp3) is 0.667. The number of carbonyl (C=O) groups is 1. The van der Waals surface area contributed by atoms with Crippen LogP contribution >= 0.6 is 18.0 Å². The minimum Gasteiger partial charge on any atom is -0.287 e. The highest BCUT2D eigenvalue weighted by Crippen LogP contribution is 2.53. The molecule has 15 heavy (non-hydrogen) atoms. The SMILES string of the molecule is C=CCNP(=O)(NC(C)=O)SC(C)CC. The molecule has 0 saturated heterocycles. The molecule has 6 heteroatoms. The van der Waals surface area contributed by atoms with Crippen molar-refractivity contribution in [3.8, 4) is 0 Å². The first-order chi connectivity index (χ1) is 6.93. The molecule has 2 unspecified atom stereocenters. The van der Waals surface area contributed by atoms with Crippen LogP contribution in [0.25, 0.3) is 0 Å². The summed E-state index contributed by atoms with van der Waals surface area (Å²) in [6.45, 7) is 6.44. The van der Waals surface area contributed by atoms with Crippen molar-refractivity contribution in [1.29, 1.82) is 0 Å². The second-order valence-electron chi connectivity index (χ2n) is 3.19. The maximum Gasteiger partial charge on any atom is 0.292 e. The zero-order valence-electron chi connectivity index (χ0n) is 9.45. The van der Waals surface area contributed by atoms with Crippen LogP contribution < -0.4 is 10.2 Å². The lowest BCUT2D eigenvalue weighted by molar-refractivity contribution is -0.117. The summed E-state index contributed by atoms with van der Waals surface area (Å²) < 4.78 is 12.2. The van der Waals surface area contributed by atoms with Crippen molar-refractivity contribution in [2.24, 2.45) is 0 Å². The Morgan fingerprint density at radius 1 is 1.67 bits per heavy atom. The number of amides is 1. The maximum atomic E-state index is 12.2. The summed E-state index contributed by atoms with van der Waals surface area (Å²) >= 11 is 1.28. The van der Waals surface area contributed by atoms with Gasteiger partial charge in [0.15, 0.2) is 0 Å². The van der Waals surface area contributed by atoms with Crippen LogP contribution in [0.1, 0.15) is 27.2 Å². The maximum absolute atomic E-state index is 12.2. The van der Waals surface area contributed by atoms with E-state index in [-0.39, 0.29) is 11.2 Å². The Labute approximate surface area is 95.5 Å². The second kappa shape index (κ2) is 7.09. The van der Waals surface area contributed by atoms with Crippen molar-refractivity contribution in [3.05, 3.63) is 12.7 Å². The van der Waals surface area contributed by atoms with Gasteiger partial charge in [0.1, 0.15) is 0 Å². The van der Waals surface area contributed by atoms with Gasteiger partial charge in [-0.1, -0.05) is 31.3 Å². The Hall–Kier alpha value is -0.250. The van der Waals surface area contributed by atoms with E-state index in [1.54, 1.807) is 6.08 Å². The molecule has 0 radical (unpaired) electrons. The predicted molar refractivity (Wildman–Crippen MR) is 67.0 cm³/mol. The van der Waals surface area contributed by atoms with E-state index < -0.39 is 6.65 Å². The van der Waals surface area contributed by atoms with Crippen LogP contribution in [0.2, 0.25) is 0 Å². The predicted octanol–water partition coefficient (Wildman–Crippen LogP) is 2.54. The molecule has 0 fully saturated rings. The van der Waals surface area contributed by atoms with Crippen molar-refractivity contribution < 1.29 is 9.36 Å². The summed E-state index contributed by atoms with van der Waals surface area (Å²) in [5, 5.41) is 5.52. The van der Waals surface area contributed by atoms with Crippen molar-refractivity contribution in [2.45, 2.75) is 32.4 Å². The molecule has 0 rings (SSSR count). The van der Waals surface area contributed by atoms with Gasteiger partial charge in [-0.2, -0.15) is 0 Å². The Bertz CT molecular complexity index is 271. The molecule has 0 aromatic carbocycles. The topological polar surface area (TPSA) is 58.2 Å². The summed E-state index contributed by atoms with van der Waals surface area (Å²) in [5.74, 6) is -0.286. The summed E-state index contributed by atoms with van der Waals surface area (Å²) in [5.41, 5.74) is 0. The molecule has 0 aromatic heterocycles. The van der Waals surface area contributed by atoms with Gasteiger partial charge < -0.3 is 0 Å². The van der Waals surface area contributed by atoms with Crippen molar-refractivity contribution in [1.82, 2.24) is 10.2 Å². The van der Waals surface area contributed by atoms with Gasteiger partial charge in [-0.25, -0.2) is 5.09 Å². The Balaban J connectivity index is 4.46. The third-order valence-corrected chi connectivity index (χ3v) is 6.48. The molecule has 0 bridgehead atoms. The number of nitrogens with one attached hydrogen (secondary N) is 2. The van der Waals surface area contributed by atoms with Gasteiger partial charge in [0.05, 0.1) is 0 Å². The molecule has 4 nitrogen and oxygen atoms in total. The van der Waals surface area contributed by atoms with Gasteiger partial charge in [-0.3, -0.25) is 14.4 Å². The molecule has 88 valence electrons. The van der Waals surface area contributed by atoms with Crippen LogP contribution in [0.4, 0.5) is 0 Å². The molecule has 0 aromatic rings. The van der Waals surface area contributed by atoms with Crippen LogP contribution in [0.3, 0.4) is 0 Å². The smallest absolute Gasteiger partial charge is 0.287 e. The minimum atomic E-state index is -2.87. The van der Waals surface area contributed by atoms with Crippen LogP contribution in [0.5, 0.6) is 0 Å². The summed E-state index contributed by atoms with van der Waals surface area (Å²) in [4.78, 5) is 10.9. The first-order valence-corrected chi connectivity index (χ1v) is 8.06. The number of carbonyl (C=O) groups excluding carboxylic acids is 1. The van der Waals surface area contributed by atoms with E-state index in [1.807, 2.05) is 13.8 Å². The molecule has 2 N–H and O–H groups in total. The van der Waals surface area contributed by atoms with Crippen LogP contribution in [0.15, 0.2) is 12.7 Å². The lowest BCUT2D eigenvalue weighted by atomic mass is 10.4. The van der Waals surface area contributed by atoms with E-state index in [4.69, 9.17) is 0 Å².